The molecule has 3 rings (SSSR count). The van der Waals surface area contributed by atoms with Gasteiger partial charge in [-0.2, -0.15) is 5.10 Å². The van der Waals surface area contributed by atoms with Crippen molar-refractivity contribution >= 4 is 5.97 Å². The minimum absolute atomic E-state index is 0.139. The van der Waals surface area contributed by atoms with Gasteiger partial charge in [-0.25, -0.2) is 4.79 Å². The van der Waals surface area contributed by atoms with Gasteiger partial charge < -0.3 is 14.2 Å². The molecule has 1 aromatic carbocycles. The largest absolute Gasteiger partial charge is 0.486 e. The first kappa shape index (κ1) is 13.5. The monoisotopic (exact) mass is 288 g/mol. The van der Waals surface area contributed by atoms with Crippen LogP contribution in [0.3, 0.4) is 0 Å². The van der Waals surface area contributed by atoms with Crippen LogP contribution in [0.25, 0.3) is 0 Å². The minimum atomic E-state index is -0.394. The first-order chi connectivity index (χ1) is 10.2. The van der Waals surface area contributed by atoms with Crippen molar-refractivity contribution in [2.45, 2.75) is 13.5 Å². The molecule has 0 unspecified atom stereocenters. The van der Waals surface area contributed by atoms with Crippen molar-refractivity contribution in [1.29, 1.82) is 0 Å². The molecule has 0 fully saturated rings. The summed E-state index contributed by atoms with van der Waals surface area (Å²) in [5, 5.41) is 4.03. The number of benzene rings is 1. The van der Waals surface area contributed by atoms with Crippen LogP contribution in [0, 0.1) is 6.92 Å². The molecule has 0 radical (unpaired) electrons. The van der Waals surface area contributed by atoms with Crippen molar-refractivity contribution in [1.82, 2.24) is 9.78 Å². The Morgan fingerprint density at radius 2 is 2.19 bits per heavy atom. The maximum Gasteiger partial charge on any atom is 0.341 e. The van der Waals surface area contributed by atoms with Gasteiger partial charge in [0.05, 0.1) is 6.20 Å². The average molecular weight is 288 g/mol. The van der Waals surface area contributed by atoms with E-state index >= 15 is 0 Å². The van der Waals surface area contributed by atoms with Crippen LogP contribution in [0.15, 0.2) is 24.4 Å². The molecule has 0 atom stereocenters. The summed E-state index contributed by atoms with van der Waals surface area (Å²) in [6, 6.07) is 5.55. The molecule has 6 heteroatoms. The Morgan fingerprint density at radius 1 is 1.38 bits per heavy atom. The standard InChI is InChI=1S/C15H16N2O4/c1-10-12(8-16-17(10)2)15(18)21-9-11-4-3-5-13-14(11)20-7-6-19-13/h3-5,8H,6-7,9H2,1-2H3. The molecular weight excluding hydrogens is 272 g/mol. The highest BCUT2D eigenvalue weighted by Gasteiger charge is 2.18. The van der Waals surface area contributed by atoms with Crippen LogP contribution in [-0.2, 0) is 18.4 Å². The number of fused-ring (bicyclic) bond motifs is 1. The summed E-state index contributed by atoms with van der Waals surface area (Å²) in [7, 11) is 1.78. The molecule has 1 aromatic heterocycles. The molecule has 0 saturated carbocycles. The molecule has 21 heavy (non-hydrogen) atoms. The second kappa shape index (κ2) is 5.47. The first-order valence-corrected chi connectivity index (χ1v) is 6.70. The van der Waals surface area contributed by atoms with Gasteiger partial charge in [0, 0.05) is 18.3 Å². The van der Waals surface area contributed by atoms with Crippen molar-refractivity contribution in [3.05, 3.63) is 41.2 Å². The molecule has 1 aliphatic rings. The van der Waals surface area contributed by atoms with Gasteiger partial charge in [0.2, 0.25) is 0 Å². The molecule has 0 amide bonds. The van der Waals surface area contributed by atoms with E-state index in [-0.39, 0.29) is 6.61 Å². The fraction of sp³-hybridized carbons (Fsp3) is 0.333. The number of rotatable bonds is 3. The molecule has 2 aromatic rings. The van der Waals surface area contributed by atoms with Crippen LogP contribution in [0.1, 0.15) is 21.6 Å². The Bertz CT molecular complexity index is 678. The Hall–Kier alpha value is -2.50. The van der Waals surface area contributed by atoms with Crippen LogP contribution in [0.2, 0.25) is 0 Å². The Labute approximate surface area is 122 Å². The molecule has 6 nitrogen and oxygen atoms in total. The number of aromatic nitrogens is 2. The van der Waals surface area contributed by atoms with Crippen molar-refractivity contribution in [3.63, 3.8) is 0 Å². The number of hydrogen-bond acceptors (Lipinski definition) is 5. The highest BCUT2D eigenvalue weighted by molar-refractivity contribution is 5.90. The summed E-state index contributed by atoms with van der Waals surface area (Å²) < 4.78 is 18.1. The summed E-state index contributed by atoms with van der Waals surface area (Å²) >= 11 is 0. The van der Waals surface area contributed by atoms with Gasteiger partial charge in [0.25, 0.3) is 0 Å². The summed E-state index contributed by atoms with van der Waals surface area (Å²) in [4.78, 5) is 12.1. The molecular formula is C15H16N2O4. The van der Waals surface area contributed by atoms with Crippen molar-refractivity contribution in [2.75, 3.05) is 13.2 Å². The van der Waals surface area contributed by atoms with E-state index in [9.17, 15) is 4.79 Å². The number of esters is 1. The number of hydrogen-bond donors (Lipinski definition) is 0. The van der Waals surface area contributed by atoms with Crippen molar-refractivity contribution in [3.8, 4) is 11.5 Å². The predicted octanol–water partition coefficient (Wildman–Crippen LogP) is 1.86. The number of aryl methyl sites for hydroxylation is 1. The Kier molecular flexibility index (Phi) is 3.51. The van der Waals surface area contributed by atoms with E-state index in [1.807, 2.05) is 25.1 Å². The van der Waals surface area contributed by atoms with Gasteiger partial charge in [-0.15, -0.1) is 0 Å². The van der Waals surface area contributed by atoms with Crippen molar-refractivity contribution in [2.24, 2.45) is 7.05 Å². The third kappa shape index (κ3) is 2.56. The summed E-state index contributed by atoms with van der Waals surface area (Å²) in [5.74, 6) is 0.946. The van der Waals surface area contributed by atoms with Gasteiger partial charge in [0.15, 0.2) is 11.5 Å². The topological polar surface area (TPSA) is 62.6 Å². The second-order valence-electron chi connectivity index (χ2n) is 4.78. The zero-order valence-corrected chi connectivity index (χ0v) is 12.0. The third-order valence-electron chi connectivity index (χ3n) is 3.46. The van der Waals surface area contributed by atoms with E-state index in [4.69, 9.17) is 14.2 Å². The zero-order valence-electron chi connectivity index (χ0n) is 12.0. The van der Waals surface area contributed by atoms with E-state index in [2.05, 4.69) is 5.10 Å². The van der Waals surface area contributed by atoms with Crippen LogP contribution >= 0.6 is 0 Å². The lowest BCUT2D eigenvalue weighted by molar-refractivity contribution is 0.0465. The molecule has 2 heterocycles. The number of para-hydroxylation sites is 1. The van der Waals surface area contributed by atoms with E-state index < -0.39 is 5.97 Å². The molecule has 0 saturated heterocycles. The van der Waals surface area contributed by atoms with Crippen LogP contribution in [-0.4, -0.2) is 29.0 Å². The van der Waals surface area contributed by atoms with Crippen LogP contribution in [0.4, 0.5) is 0 Å². The molecule has 0 spiro atoms. The van der Waals surface area contributed by atoms with Crippen molar-refractivity contribution < 1.29 is 19.0 Å². The number of carbonyl (C=O) groups is 1. The Balaban J connectivity index is 1.73. The van der Waals surface area contributed by atoms with E-state index in [1.54, 1.807) is 11.7 Å². The van der Waals surface area contributed by atoms with Gasteiger partial charge in [0.1, 0.15) is 25.4 Å². The zero-order chi connectivity index (χ0) is 14.8. The third-order valence-corrected chi connectivity index (χ3v) is 3.46. The lowest BCUT2D eigenvalue weighted by atomic mass is 10.2. The number of nitrogens with zero attached hydrogens (tertiary/aromatic N) is 2. The number of ether oxygens (including phenoxy) is 3. The predicted molar refractivity (Wildman–Crippen MR) is 74.5 cm³/mol. The summed E-state index contributed by atoms with van der Waals surface area (Å²) in [6.45, 7) is 3.00. The highest BCUT2D eigenvalue weighted by Crippen LogP contribution is 2.34. The van der Waals surface area contributed by atoms with Crippen LogP contribution in [0.5, 0.6) is 11.5 Å². The molecule has 0 aliphatic carbocycles. The maximum absolute atomic E-state index is 12.1. The molecule has 0 bridgehead atoms. The molecule has 110 valence electrons. The maximum atomic E-state index is 12.1. The average Bonchev–Trinajstić information content (AvgIpc) is 2.84. The second-order valence-corrected chi connectivity index (χ2v) is 4.78. The van der Waals surface area contributed by atoms with E-state index in [0.717, 1.165) is 11.3 Å². The summed E-state index contributed by atoms with van der Waals surface area (Å²) in [5.41, 5.74) is 2.04. The quantitative estimate of drug-likeness (QED) is 0.807. The highest BCUT2D eigenvalue weighted by atomic mass is 16.6. The smallest absolute Gasteiger partial charge is 0.341 e. The van der Waals surface area contributed by atoms with E-state index in [1.165, 1.54) is 6.20 Å². The lowest BCUT2D eigenvalue weighted by Crippen LogP contribution is -2.17. The fourth-order valence-electron chi connectivity index (χ4n) is 2.17. The minimum Gasteiger partial charge on any atom is -0.486 e. The van der Waals surface area contributed by atoms with Crippen LogP contribution < -0.4 is 9.47 Å². The van der Waals surface area contributed by atoms with E-state index in [0.29, 0.717) is 30.3 Å². The van der Waals surface area contributed by atoms with Gasteiger partial charge >= 0.3 is 5.97 Å². The van der Waals surface area contributed by atoms with Gasteiger partial charge in [-0.05, 0) is 13.0 Å². The van der Waals surface area contributed by atoms with Gasteiger partial charge in [-0.1, -0.05) is 12.1 Å². The number of carbonyl (C=O) groups excluding carboxylic acids is 1. The Morgan fingerprint density at radius 3 is 2.95 bits per heavy atom. The van der Waals surface area contributed by atoms with Gasteiger partial charge in [-0.3, -0.25) is 4.68 Å². The molecule has 0 N–H and O–H groups in total. The normalized spacial score (nSPS) is 13.0. The SMILES string of the molecule is Cc1c(C(=O)OCc2cccc3c2OCCO3)cnn1C. The lowest BCUT2D eigenvalue weighted by Gasteiger charge is -2.20. The molecule has 1 aliphatic heterocycles. The summed E-state index contributed by atoms with van der Waals surface area (Å²) in [6.07, 6.45) is 1.51. The fourth-order valence-corrected chi connectivity index (χ4v) is 2.17. The first-order valence-electron chi connectivity index (χ1n) is 6.70.